The van der Waals surface area contributed by atoms with Crippen molar-refractivity contribution in [1.82, 2.24) is 25.8 Å². The van der Waals surface area contributed by atoms with Crippen LogP contribution < -0.4 is 21.7 Å². The van der Waals surface area contributed by atoms with E-state index >= 15 is 0 Å². The third-order valence-electron chi connectivity index (χ3n) is 12.6. The van der Waals surface area contributed by atoms with Gasteiger partial charge in [0, 0.05) is 52.8 Å². The predicted octanol–water partition coefficient (Wildman–Crippen LogP) is 4.46. The van der Waals surface area contributed by atoms with Crippen LogP contribution in [0.1, 0.15) is 127 Å². The monoisotopic (exact) mass is 903 g/mol. The number of rotatable bonds is 27. The van der Waals surface area contributed by atoms with Gasteiger partial charge in [0.25, 0.3) is 0 Å². The third kappa shape index (κ3) is 17.0. The van der Waals surface area contributed by atoms with Crippen molar-refractivity contribution in [2.45, 2.75) is 181 Å². The highest BCUT2D eigenvalue weighted by Crippen LogP contribution is 2.30. The van der Waals surface area contributed by atoms with E-state index in [0.717, 1.165) is 5.56 Å². The number of amides is 5. The van der Waals surface area contributed by atoms with Gasteiger partial charge >= 0.3 is 5.97 Å². The van der Waals surface area contributed by atoms with Crippen molar-refractivity contribution in [2.75, 3.05) is 34.4 Å². The zero-order valence-corrected chi connectivity index (χ0v) is 41.2. The van der Waals surface area contributed by atoms with Crippen LogP contribution >= 0.6 is 0 Å². The lowest BCUT2D eigenvalue weighted by Gasteiger charge is -2.41. The maximum Gasteiger partial charge on any atom is 0.326 e. The lowest BCUT2D eigenvalue weighted by atomic mass is 9.89. The summed E-state index contributed by atoms with van der Waals surface area (Å²) in [6, 6.07) is 5.91. The highest BCUT2D eigenvalue weighted by atomic mass is 16.5. The van der Waals surface area contributed by atoms with E-state index in [-0.39, 0.29) is 54.4 Å². The molecule has 364 valence electrons. The number of nitrogens with two attached hydrogens (primary N) is 1. The normalized spacial score (nSPS) is 18.0. The highest BCUT2D eigenvalue weighted by Gasteiger charge is 2.44. The van der Waals surface area contributed by atoms with Crippen molar-refractivity contribution in [3.63, 3.8) is 0 Å². The molecule has 6 N–H and O–H groups in total. The molecule has 8 unspecified atom stereocenters. The minimum Gasteiger partial charge on any atom is -0.480 e. The van der Waals surface area contributed by atoms with Crippen LogP contribution in [0.5, 0.6) is 0 Å². The molecule has 16 nitrogen and oxygen atoms in total. The van der Waals surface area contributed by atoms with Gasteiger partial charge in [-0.1, -0.05) is 71.4 Å². The fourth-order valence-corrected chi connectivity index (χ4v) is 8.26. The fourth-order valence-electron chi connectivity index (χ4n) is 8.26. The van der Waals surface area contributed by atoms with Crippen molar-refractivity contribution in [2.24, 2.45) is 23.5 Å². The number of carbonyl (C=O) groups is 6. The third-order valence-corrected chi connectivity index (χ3v) is 12.6. The quantitative estimate of drug-likeness (QED) is 0.0831. The molecule has 0 aromatic heterocycles. The molecule has 1 aromatic rings. The number of hydrogen-bond donors (Lipinski definition) is 5. The van der Waals surface area contributed by atoms with Crippen LogP contribution in [0.3, 0.4) is 0 Å². The van der Waals surface area contributed by atoms with Crippen LogP contribution in [-0.4, -0.2) is 138 Å². The van der Waals surface area contributed by atoms with E-state index in [9.17, 15) is 33.9 Å². The van der Waals surface area contributed by atoms with Crippen molar-refractivity contribution < 1.29 is 48.1 Å². The maximum atomic E-state index is 14.5. The van der Waals surface area contributed by atoms with Crippen molar-refractivity contribution in [3.05, 3.63) is 35.9 Å². The Kier molecular flexibility index (Phi) is 21.9. The van der Waals surface area contributed by atoms with E-state index in [1.165, 1.54) is 14.2 Å². The second kappa shape index (κ2) is 25.0. The second-order valence-electron chi connectivity index (χ2n) is 19.9. The molecule has 0 aliphatic carbocycles. The van der Waals surface area contributed by atoms with E-state index in [4.69, 9.17) is 19.9 Å². The van der Waals surface area contributed by atoms with Crippen LogP contribution in [0, 0.1) is 17.8 Å². The average Bonchev–Trinajstić information content (AvgIpc) is 3.70. The van der Waals surface area contributed by atoms with Gasteiger partial charge in [0.05, 0.1) is 42.2 Å². The Bertz CT molecular complexity index is 1680. The standard InChI is InChI=1S/C48H82N6O10/c1-15-31(4)40(53(12)43(58)39(30(2)3)51-45(61)48(10,11)52-37(55)23-24-47(8,9)64-27-25-46(6,7)49)36(62-13)29-38(56)54-26-19-22-35(54)41(63-14)32(5)42(57)50-34(44(59)60)28-33-20-17-16-18-21-33/h16-18,20-21,30-32,34-36,39-41H,15,19,22-29,49H2,1-14H3,(H,50,57)(H,51,61)(H,52,55)(H,59,60). The van der Waals surface area contributed by atoms with E-state index in [1.807, 2.05) is 73.6 Å². The first kappa shape index (κ1) is 56.0. The summed E-state index contributed by atoms with van der Waals surface area (Å²) in [6.07, 6.45) is 1.70. The molecular weight excluding hydrogens is 821 g/mol. The summed E-state index contributed by atoms with van der Waals surface area (Å²) in [7, 11) is 4.64. The molecule has 64 heavy (non-hydrogen) atoms. The van der Waals surface area contributed by atoms with Crippen LogP contribution in [0.25, 0.3) is 0 Å². The van der Waals surface area contributed by atoms with E-state index in [2.05, 4.69) is 16.0 Å². The van der Waals surface area contributed by atoms with Gasteiger partial charge in [-0.15, -0.1) is 0 Å². The maximum absolute atomic E-state index is 14.5. The molecule has 1 saturated heterocycles. The molecule has 1 fully saturated rings. The second-order valence-corrected chi connectivity index (χ2v) is 19.9. The molecule has 2 rings (SSSR count). The van der Waals surface area contributed by atoms with Crippen molar-refractivity contribution in [1.29, 1.82) is 0 Å². The van der Waals surface area contributed by atoms with Gasteiger partial charge < -0.3 is 50.8 Å². The first-order valence-corrected chi connectivity index (χ1v) is 22.9. The highest BCUT2D eigenvalue weighted by molar-refractivity contribution is 5.94. The number of ether oxygens (including phenoxy) is 3. The molecule has 5 amide bonds. The fraction of sp³-hybridized carbons (Fsp3) is 0.750. The molecule has 0 radical (unpaired) electrons. The summed E-state index contributed by atoms with van der Waals surface area (Å²) in [5.41, 5.74) is 4.55. The summed E-state index contributed by atoms with van der Waals surface area (Å²) >= 11 is 0. The van der Waals surface area contributed by atoms with Crippen LogP contribution in [0.4, 0.5) is 0 Å². The van der Waals surface area contributed by atoms with Gasteiger partial charge in [0.1, 0.15) is 17.6 Å². The summed E-state index contributed by atoms with van der Waals surface area (Å²) in [5, 5.41) is 18.3. The molecule has 1 aromatic carbocycles. The van der Waals surface area contributed by atoms with Crippen LogP contribution in [0.2, 0.25) is 0 Å². The van der Waals surface area contributed by atoms with Gasteiger partial charge in [-0.2, -0.15) is 0 Å². The molecule has 0 spiro atoms. The first-order valence-electron chi connectivity index (χ1n) is 22.9. The van der Waals surface area contributed by atoms with Gasteiger partial charge in [0.15, 0.2) is 0 Å². The van der Waals surface area contributed by atoms with Gasteiger partial charge in [0.2, 0.25) is 29.5 Å². The number of nitrogens with zero attached hydrogens (tertiary/aromatic N) is 2. The minimum absolute atomic E-state index is 0.0700. The molecule has 1 heterocycles. The number of hydrogen-bond acceptors (Lipinski definition) is 10. The Morgan fingerprint density at radius 3 is 2.09 bits per heavy atom. The zero-order valence-electron chi connectivity index (χ0n) is 41.2. The Labute approximate surface area is 382 Å². The number of likely N-dealkylation sites (N-methyl/N-ethyl adjacent to an activating group) is 1. The Morgan fingerprint density at radius 2 is 1.56 bits per heavy atom. The molecule has 16 heteroatoms. The van der Waals surface area contributed by atoms with Crippen LogP contribution in [-0.2, 0) is 49.4 Å². The Morgan fingerprint density at radius 1 is 0.938 bits per heavy atom. The van der Waals surface area contributed by atoms with Crippen molar-refractivity contribution in [3.8, 4) is 0 Å². The number of aliphatic carboxylic acids is 1. The van der Waals surface area contributed by atoms with Gasteiger partial charge in [-0.3, -0.25) is 24.0 Å². The zero-order chi connectivity index (χ0) is 48.7. The largest absolute Gasteiger partial charge is 0.480 e. The summed E-state index contributed by atoms with van der Waals surface area (Å²) in [5.74, 6) is -4.34. The SMILES string of the molecule is CCC(C)C(C(CC(=O)N1CCCC1C(OC)C(C)C(=O)NC(Cc1ccccc1)C(=O)O)OC)N(C)C(=O)C(NC(=O)C(C)(C)NC(=O)CCC(C)(C)OCCC(C)(C)N)C(C)C. The van der Waals surface area contributed by atoms with Crippen LogP contribution in [0.15, 0.2) is 30.3 Å². The molecule has 1 aliphatic heterocycles. The van der Waals surface area contributed by atoms with E-state index in [0.29, 0.717) is 45.3 Å². The molecule has 0 bridgehead atoms. The van der Waals surface area contributed by atoms with E-state index in [1.54, 1.807) is 49.8 Å². The number of nitrogens with one attached hydrogen (secondary N) is 3. The number of carbonyl (C=O) groups excluding carboxylic acids is 5. The number of carboxylic acids is 1. The summed E-state index contributed by atoms with van der Waals surface area (Å²) in [4.78, 5) is 84.7. The number of methoxy groups -OCH3 is 2. The molecule has 1 aliphatic rings. The lowest BCUT2D eigenvalue weighted by molar-refractivity contribution is -0.148. The molecule has 0 saturated carbocycles. The molecule has 8 atom stereocenters. The number of likely N-dealkylation sites (tertiary alicyclic amines) is 1. The smallest absolute Gasteiger partial charge is 0.326 e. The Hall–Kier alpha value is -4.12. The van der Waals surface area contributed by atoms with E-state index < -0.39 is 71.2 Å². The minimum atomic E-state index is -1.35. The number of benzene rings is 1. The topological polar surface area (TPSA) is 219 Å². The Balaban J connectivity index is 2.20. The average molecular weight is 903 g/mol. The molecular formula is C48H82N6O10. The first-order chi connectivity index (χ1) is 29.7. The lowest BCUT2D eigenvalue weighted by Crippen LogP contribution is -2.62. The van der Waals surface area contributed by atoms with Crippen molar-refractivity contribution >= 4 is 35.5 Å². The summed E-state index contributed by atoms with van der Waals surface area (Å²) < 4.78 is 17.9. The van der Waals surface area contributed by atoms with Gasteiger partial charge in [-0.05, 0) is 84.6 Å². The number of carboxylic acid groups (broad SMARTS) is 1. The van der Waals surface area contributed by atoms with Gasteiger partial charge in [-0.25, -0.2) is 4.79 Å². The summed E-state index contributed by atoms with van der Waals surface area (Å²) in [6.45, 7) is 21.1. The predicted molar refractivity (Wildman–Crippen MR) is 247 cm³/mol.